The molecule has 0 amide bonds. The summed E-state index contributed by atoms with van der Waals surface area (Å²) in [5, 5.41) is 132. The lowest BCUT2D eigenvalue weighted by molar-refractivity contribution is -0.360. The summed E-state index contributed by atoms with van der Waals surface area (Å²) < 4.78 is 38.1. The minimum absolute atomic E-state index is 0.694. The summed E-state index contributed by atoms with van der Waals surface area (Å²) in [4.78, 5) is 0. The van der Waals surface area contributed by atoms with Gasteiger partial charge in [-0.3, -0.25) is 0 Å². The molecular formula is C24H43NO20. The fraction of sp³-hybridized carbons (Fsp3) is 1.00. The number of aliphatic hydroxyl groups is 13. The highest BCUT2D eigenvalue weighted by atomic mass is 16.8. The van der Waals surface area contributed by atoms with Crippen molar-refractivity contribution in [2.75, 3.05) is 26.4 Å². The lowest BCUT2D eigenvalue weighted by Crippen LogP contribution is -2.66. The van der Waals surface area contributed by atoms with E-state index in [0.717, 1.165) is 0 Å². The Balaban J connectivity index is 1.46. The predicted molar refractivity (Wildman–Crippen MR) is 136 cm³/mol. The minimum Gasteiger partial charge on any atom is -0.394 e. The summed E-state index contributed by atoms with van der Waals surface area (Å²) in [6.07, 6.45) is -31.9. The maximum atomic E-state index is 10.8. The van der Waals surface area contributed by atoms with Gasteiger partial charge in [0, 0.05) is 0 Å². The number of ether oxygens (including phenoxy) is 7. The molecule has 0 unspecified atom stereocenters. The normalized spacial score (nSPS) is 51.7. The topological polar surface area (TPSA) is 354 Å². The third-order valence-electron chi connectivity index (χ3n) is 8.25. The van der Waals surface area contributed by atoms with Crippen molar-refractivity contribution in [3.05, 3.63) is 0 Å². The van der Waals surface area contributed by atoms with E-state index in [0.29, 0.717) is 0 Å². The number of aliphatic hydroxyl groups excluding tert-OH is 13. The largest absolute Gasteiger partial charge is 0.394 e. The summed E-state index contributed by atoms with van der Waals surface area (Å²) in [6, 6.07) is -1.48. The molecule has 21 nitrogen and oxygen atoms in total. The summed E-state index contributed by atoms with van der Waals surface area (Å²) in [5.74, 6) is 0. The highest BCUT2D eigenvalue weighted by molar-refractivity contribution is 4.97. The third-order valence-corrected chi connectivity index (χ3v) is 8.25. The molecule has 0 radical (unpaired) electrons. The van der Waals surface area contributed by atoms with E-state index in [1.165, 1.54) is 0 Å². The monoisotopic (exact) mass is 665 g/mol. The van der Waals surface area contributed by atoms with E-state index in [4.69, 9.17) is 38.9 Å². The van der Waals surface area contributed by atoms with Crippen LogP contribution in [0.3, 0.4) is 0 Å². The fourth-order valence-electron chi connectivity index (χ4n) is 5.47. The van der Waals surface area contributed by atoms with Crippen molar-refractivity contribution in [1.82, 2.24) is 0 Å². The highest BCUT2D eigenvalue weighted by Crippen LogP contribution is 2.32. The van der Waals surface area contributed by atoms with Crippen LogP contribution in [-0.2, 0) is 33.2 Å². The molecule has 0 aromatic rings. The molecule has 45 heavy (non-hydrogen) atoms. The number of nitrogens with two attached hydrogens (primary N) is 1. The van der Waals surface area contributed by atoms with E-state index < -0.39 is 149 Å². The molecule has 4 aliphatic heterocycles. The Labute approximate surface area is 255 Å². The zero-order valence-corrected chi connectivity index (χ0v) is 23.6. The second kappa shape index (κ2) is 15.6. The number of rotatable bonds is 11. The standard InChI is InChI=1S/C24H43NO20/c25-9-13(33)12(32)8(42-22(9)44-19-14(34)10(30)6(2-27)40-21(19)38)4-39-24-20(15(35)11(31)7(3-28)41-24)45-23-17(37)16(36)18(43-23)5(29)1-26/h5-24,26-38H,1-4,25H2/t5-,6-,7-,8-,9-,10-,11+,12-,13-,14+,15+,16-,17-,18+,19-,20-,21+,22+,23-,24+/m1/s1. The van der Waals surface area contributed by atoms with E-state index >= 15 is 0 Å². The van der Waals surface area contributed by atoms with Gasteiger partial charge in [-0.1, -0.05) is 0 Å². The van der Waals surface area contributed by atoms with Gasteiger partial charge in [-0.05, 0) is 0 Å². The number of hydrogen-bond donors (Lipinski definition) is 14. The van der Waals surface area contributed by atoms with Gasteiger partial charge in [0.05, 0.1) is 32.5 Å². The first-order valence-corrected chi connectivity index (χ1v) is 14.2. The fourth-order valence-corrected chi connectivity index (χ4v) is 5.47. The van der Waals surface area contributed by atoms with Crippen molar-refractivity contribution in [2.45, 2.75) is 123 Å². The maximum absolute atomic E-state index is 10.8. The maximum Gasteiger partial charge on any atom is 0.187 e. The molecule has 0 saturated carbocycles. The summed E-state index contributed by atoms with van der Waals surface area (Å²) in [5.41, 5.74) is 5.93. The molecule has 21 heteroatoms. The van der Waals surface area contributed by atoms with E-state index in [2.05, 4.69) is 0 Å². The number of hydrogen-bond acceptors (Lipinski definition) is 21. The van der Waals surface area contributed by atoms with Crippen molar-refractivity contribution in [3.63, 3.8) is 0 Å². The van der Waals surface area contributed by atoms with E-state index in [1.807, 2.05) is 0 Å². The molecule has 0 bridgehead atoms. The van der Waals surface area contributed by atoms with Crippen LogP contribution in [0.15, 0.2) is 0 Å². The minimum atomic E-state index is -1.88. The smallest absolute Gasteiger partial charge is 0.187 e. The van der Waals surface area contributed by atoms with Gasteiger partial charge in [0.15, 0.2) is 25.2 Å². The first kappa shape index (κ1) is 37.0. The summed E-state index contributed by atoms with van der Waals surface area (Å²) >= 11 is 0. The average Bonchev–Trinajstić information content (AvgIpc) is 3.31. The molecule has 264 valence electrons. The molecule has 4 saturated heterocycles. The second-order valence-electron chi connectivity index (χ2n) is 11.3. The van der Waals surface area contributed by atoms with Crippen molar-refractivity contribution < 1.29 is 99.5 Å². The van der Waals surface area contributed by atoms with Gasteiger partial charge in [-0.25, -0.2) is 0 Å². The van der Waals surface area contributed by atoms with Gasteiger partial charge in [0.1, 0.15) is 91.6 Å². The Morgan fingerprint density at radius 3 is 1.69 bits per heavy atom. The van der Waals surface area contributed by atoms with Crippen LogP contribution in [0.2, 0.25) is 0 Å². The highest BCUT2D eigenvalue weighted by Gasteiger charge is 2.54. The Morgan fingerprint density at radius 2 is 1.09 bits per heavy atom. The zero-order valence-electron chi connectivity index (χ0n) is 23.6. The second-order valence-corrected chi connectivity index (χ2v) is 11.3. The SMILES string of the molecule is N[C@H]1[C@H](O[C@@H]2[C@@H](O)[C@H](O)[C@@H](CO)O[C@@H]2O)O[C@H](CO[C@H]2O[C@H](CO)[C@H](O)[C@H](O)[C@H]2O[C@H]2O[C@@H]([C@H](O)CO)[C@H](O)[C@H]2O)[C@@H](O)[C@@H]1O. The van der Waals surface area contributed by atoms with Crippen LogP contribution in [0.25, 0.3) is 0 Å². The molecule has 4 aliphatic rings. The Hall–Kier alpha value is -0.840. The molecular weight excluding hydrogens is 622 g/mol. The van der Waals surface area contributed by atoms with Crippen molar-refractivity contribution in [1.29, 1.82) is 0 Å². The molecule has 15 N–H and O–H groups in total. The van der Waals surface area contributed by atoms with Gasteiger partial charge >= 0.3 is 0 Å². The van der Waals surface area contributed by atoms with Gasteiger partial charge in [0.2, 0.25) is 0 Å². The molecule has 0 spiro atoms. The quantitative estimate of drug-likeness (QED) is 0.0973. The van der Waals surface area contributed by atoms with Crippen molar-refractivity contribution in [2.24, 2.45) is 5.73 Å². The Morgan fingerprint density at radius 1 is 0.556 bits per heavy atom. The lowest BCUT2D eigenvalue weighted by Gasteiger charge is -2.46. The van der Waals surface area contributed by atoms with E-state index in [1.54, 1.807) is 0 Å². The van der Waals surface area contributed by atoms with Crippen LogP contribution in [0.4, 0.5) is 0 Å². The van der Waals surface area contributed by atoms with Crippen LogP contribution in [0.1, 0.15) is 0 Å². The van der Waals surface area contributed by atoms with Crippen molar-refractivity contribution in [3.8, 4) is 0 Å². The molecule has 4 rings (SSSR count). The van der Waals surface area contributed by atoms with Gasteiger partial charge in [-0.2, -0.15) is 0 Å². The van der Waals surface area contributed by atoms with Crippen LogP contribution >= 0.6 is 0 Å². The molecule has 4 heterocycles. The average molecular weight is 666 g/mol. The third kappa shape index (κ3) is 7.59. The molecule has 4 fully saturated rings. The molecule has 0 aromatic heterocycles. The van der Waals surface area contributed by atoms with E-state index in [-0.39, 0.29) is 0 Å². The van der Waals surface area contributed by atoms with Crippen molar-refractivity contribution >= 4 is 0 Å². The Kier molecular flexibility index (Phi) is 12.8. The van der Waals surface area contributed by atoms with E-state index in [9.17, 15) is 66.4 Å². The summed E-state index contributed by atoms with van der Waals surface area (Å²) in [6.45, 7) is -3.07. The van der Waals surface area contributed by atoms with Crippen LogP contribution in [0.5, 0.6) is 0 Å². The first-order chi connectivity index (χ1) is 21.2. The van der Waals surface area contributed by atoms with Gasteiger partial charge in [-0.15, -0.1) is 0 Å². The molecule has 0 aliphatic carbocycles. The summed E-state index contributed by atoms with van der Waals surface area (Å²) in [7, 11) is 0. The predicted octanol–water partition coefficient (Wildman–Crippen LogP) is -9.78. The lowest BCUT2D eigenvalue weighted by atomic mass is 9.96. The molecule has 0 aromatic carbocycles. The van der Waals surface area contributed by atoms with Crippen LogP contribution in [0, 0.1) is 0 Å². The zero-order chi connectivity index (χ0) is 33.3. The van der Waals surface area contributed by atoms with Gasteiger partial charge < -0.3 is 105 Å². The van der Waals surface area contributed by atoms with Gasteiger partial charge in [0.25, 0.3) is 0 Å². The van der Waals surface area contributed by atoms with Crippen LogP contribution < -0.4 is 5.73 Å². The first-order valence-electron chi connectivity index (χ1n) is 14.2. The van der Waals surface area contributed by atoms with Crippen LogP contribution in [-0.4, -0.2) is 216 Å². The molecule has 20 atom stereocenters. The Bertz CT molecular complexity index is 924.